The van der Waals surface area contributed by atoms with Gasteiger partial charge in [0.05, 0.1) is 27.7 Å². The second-order valence-corrected chi connectivity index (χ2v) is 9.89. The Hall–Kier alpha value is -2.73. The highest BCUT2D eigenvalue weighted by atomic mass is 35.5. The van der Waals surface area contributed by atoms with Gasteiger partial charge in [0.2, 0.25) is 9.84 Å². The molecule has 6 nitrogen and oxygen atoms in total. The van der Waals surface area contributed by atoms with Gasteiger partial charge in [-0.1, -0.05) is 11.6 Å². The van der Waals surface area contributed by atoms with E-state index in [1.54, 1.807) is 24.3 Å². The number of anilines is 1. The van der Waals surface area contributed by atoms with E-state index in [9.17, 15) is 17.9 Å². The molecule has 1 saturated heterocycles. The Bertz CT molecular complexity index is 1300. The van der Waals surface area contributed by atoms with Gasteiger partial charge in [-0.3, -0.25) is 4.98 Å². The van der Waals surface area contributed by atoms with Crippen LogP contribution in [0.3, 0.4) is 0 Å². The van der Waals surface area contributed by atoms with E-state index in [1.165, 1.54) is 6.20 Å². The average molecular weight is 460 g/mol. The number of hydrogen-bond donors (Lipinski definition) is 1. The highest BCUT2D eigenvalue weighted by Gasteiger charge is 2.29. The Morgan fingerprint density at radius 1 is 1.23 bits per heavy atom. The van der Waals surface area contributed by atoms with Crippen LogP contribution in [-0.2, 0) is 9.84 Å². The zero-order valence-corrected chi connectivity index (χ0v) is 18.0. The zero-order chi connectivity index (χ0) is 22.2. The van der Waals surface area contributed by atoms with Crippen LogP contribution >= 0.6 is 11.6 Å². The lowest BCUT2D eigenvalue weighted by Gasteiger charge is -2.34. The van der Waals surface area contributed by atoms with E-state index in [2.05, 4.69) is 4.98 Å². The van der Waals surface area contributed by atoms with Gasteiger partial charge in [-0.05, 0) is 55.2 Å². The van der Waals surface area contributed by atoms with Gasteiger partial charge in [0.1, 0.15) is 10.7 Å². The number of aromatic nitrogens is 1. The fourth-order valence-electron chi connectivity index (χ4n) is 3.91. The first-order valence-corrected chi connectivity index (χ1v) is 11.6. The van der Waals surface area contributed by atoms with Crippen LogP contribution in [0.5, 0.6) is 0 Å². The molecule has 0 spiro atoms. The summed E-state index contributed by atoms with van der Waals surface area (Å²) in [6.45, 7) is 1.20. The van der Waals surface area contributed by atoms with Gasteiger partial charge in [0.15, 0.2) is 0 Å². The first-order chi connectivity index (χ1) is 14.8. The minimum Gasteiger partial charge on any atom is -0.396 e. The summed E-state index contributed by atoms with van der Waals surface area (Å²) in [5, 5.41) is 19.7. The van der Waals surface area contributed by atoms with Crippen LogP contribution in [0.15, 0.2) is 52.4 Å². The Labute approximate surface area is 184 Å². The molecule has 31 heavy (non-hydrogen) atoms. The lowest BCUT2D eigenvalue weighted by Crippen LogP contribution is -2.35. The molecule has 9 heteroatoms. The van der Waals surface area contributed by atoms with Gasteiger partial charge < -0.3 is 10.0 Å². The molecule has 3 aromatic rings. The van der Waals surface area contributed by atoms with Gasteiger partial charge in [-0.2, -0.15) is 5.26 Å². The number of benzene rings is 2. The summed E-state index contributed by atoms with van der Waals surface area (Å²) in [5.74, 6) is -0.635. The van der Waals surface area contributed by atoms with Gasteiger partial charge >= 0.3 is 0 Å². The third kappa shape index (κ3) is 4.09. The number of aliphatic hydroxyl groups excluding tert-OH is 1. The van der Waals surface area contributed by atoms with Crippen LogP contribution in [0, 0.1) is 23.1 Å². The Kier molecular flexibility index (Phi) is 5.84. The van der Waals surface area contributed by atoms with Gasteiger partial charge in [0, 0.05) is 36.3 Å². The highest BCUT2D eigenvalue weighted by Crippen LogP contribution is 2.38. The number of pyridine rings is 1. The molecule has 0 aliphatic carbocycles. The van der Waals surface area contributed by atoms with E-state index in [-0.39, 0.29) is 27.9 Å². The molecule has 1 aliphatic heterocycles. The van der Waals surface area contributed by atoms with Crippen LogP contribution in [0.2, 0.25) is 5.02 Å². The average Bonchev–Trinajstić information content (AvgIpc) is 2.77. The highest BCUT2D eigenvalue weighted by molar-refractivity contribution is 7.91. The molecule has 0 saturated carbocycles. The van der Waals surface area contributed by atoms with Crippen molar-refractivity contribution < 1.29 is 17.9 Å². The first-order valence-electron chi connectivity index (χ1n) is 9.73. The van der Waals surface area contributed by atoms with Crippen molar-refractivity contribution >= 4 is 38.0 Å². The molecule has 0 unspecified atom stereocenters. The number of aliphatic hydroxyl groups is 1. The fourth-order valence-corrected chi connectivity index (χ4v) is 5.56. The lowest BCUT2D eigenvalue weighted by atomic mass is 9.97. The Balaban J connectivity index is 1.93. The summed E-state index contributed by atoms with van der Waals surface area (Å²) >= 11 is 6.10. The summed E-state index contributed by atoms with van der Waals surface area (Å²) < 4.78 is 41.1. The van der Waals surface area contributed by atoms with Crippen LogP contribution in [0.25, 0.3) is 10.9 Å². The second-order valence-electron chi connectivity index (χ2n) is 7.54. The smallest absolute Gasteiger partial charge is 0.210 e. The summed E-state index contributed by atoms with van der Waals surface area (Å²) in [7, 11) is -4.17. The normalized spacial score (nSPS) is 15.2. The largest absolute Gasteiger partial charge is 0.396 e. The topological polar surface area (TPSA) is 94.3 Å². The van der Waals surface area contributed by atoms with Crippen molar-refractivity contribution in [1.29, 1.82) is 5.26 Å². The van der Waals surface area contributed by atoms with Crippen molar-refractivity contribution in [2.75, 3.05) is 24.6 Å². The number of nitrogens with zero attached hydrogens (tertiary/aromatic N) is 3. The standard InChI is InChI=1S/C22H19ClFN3O3S/c23-16-1-2-19-20(9-16)26-12-21(22(19)27-5-3-14(13-28)4-6-27)31(29,30)18-8-15(11-25)7-17(24)10-18/h1-2,7-10,12,14,28H,3-6,13H2. The molecule has 2 aromatic carbocycles. The Morgan fingerprint density at radius 2 is 1.97 bits per heavy atom. The minimum atomic E-state index is -4.17. The van der Waals surface area contributed by atoms with Crippen molar-refractivity contribution in [3.8, 4) is 6.07 Å². The molecule has 1 aliphatic rings. The predicted molar refractivity (Wildman–Crippen MR) is 115 cm³/mol. The van der Waals surface area contributed by atoms with Crippen molar-refractivity contribution in [3.63, 3.8) is 0 Å². The first kappa shape index (κ1) is 21.5. The SMILES string of the molecule is N#Cc1cc(F)cc(S(=O)(=O)c2cnc3cc(Cl)ccc3c2N2CCC(CO)CC2)c1. The number of halogens is 2. The lowest BCUT2D eigenvalue weighted by molar-refractivity contribution is 0.203. The molecular formula is C22H19ClFN3O3S. The number of sulfone groups is 1. The second kappa shape index (κ2) is 8.42. The van der Waals surface area contributed by atoms with Gasteiger partial charge in [0.25, 0.3) is 0 Å². The maximum absolute atomic E-state index is 14.0. The van der Waals surface area contributed by atoms with E-state index in [0.29, 0.717) is 47.5 Å². The fraction of sp³-hybridized carbons (Fsp3) is 0.273. The van der Waals surface area contributed by atoms with E-state index in [0.717, 1.165) is 18.2 Å². The number of rotatable bonds is 4. The molecule has 160 valence electrons. The molecule has 0 atom stereocenters. The van der Waals surface area contributed by atoms with E-state index < -0.39 is 15.7 Å². The maximum Gasteiger partial charge on any atom is 0.210 e. The molecule has 4 rings (SSSR count). The van der Waals surface area contributed by atoms with Crippen LogP contribution < -0.4 is 4.90 Å². The van der Waals surface area contributed by atoms with Crippen LogP contribution in [0.1, 0.15) is 18.4 Å². The molecule has 0 amide bonds. The number of fused-ring (bicyclic) bond motifs is 1. The van der Waals surface area contributed by atoms with Crippen LogP contribution in [-0.4, -0.2) is 38.2 Å². The monoisotopic (exact) mass is 459 g/mol. The number of nitriles is 1. The maximum atomic E-state index is 14.0. The molecule has 1 fully saturated rings. The predicted octanol–water partition coefficient (Wildman–Crippen LogP) is 3.94. The molecule has 1 N–H and O–H groups in total. The van der Waals surface area contributed by atoms with Crippen LogP contribution in [0.4, 0.5) is 10.1 Å². The minimum absolute atomic E-state index is 0.0562. The van der Waals surface area contributed by atoms with Gasteiger partial charge in [-0.25, -0.2) is 12.8 Å². The Morgan fingerprint density at radius 3 is 2.65 bits per heavy atom. The third-order valence-corrected chi connectivity index (χ3v) is 7.53. The van der Waals surface area contributed by atoms with Crippen molar-refractivity contribution in [2.24, 2.45) is 5.92 Å². The van der Waals surface area contributed by atoms with E-state index in [4.69, 9.17) is 16.9 Å². The molecular weight excluding hydrogens is 441 g/mol. The van der Waals surface area contributed by atoms with Crippen molar-refractivity contribution in [1.82, 2.24) is 4.98 Å². The quantitative estimate of drug-likeness (QED) is 0.635. The van der Waals surface area contributed by atoms with E-state index in [1.807, 2.05) is 4.90 Å². The zero-order valence-electron chi connectivity index (χ0n) is 16.4. The molecule has 0 bridgehead atoms. The van der Waals surface area contributed by atoms with Crippen molar-refractivity contribution in [3.05, 3.63) is 59.0 Å². The summed E-state index contributed by atoms with van der Waals surface area (Å²) in [5.41, 5.74) is 0.938. The summed E-state index contributed by atoms with van der Waals surface area (Å²) in [4.78, 5) is 5.90. The number of hydrogen-bond acceptors (Lipinski definition) is 6. The molecule has 2 heterocycles. The summed E-state index contributed by atoms with van der Waals surface area (Å²) in [6, 6.07) is 9.89. The summed E-state index contributed by atoms with van der Waals surface area (Å²) in [6.07, 6.45) is 2.69. The molecule has 0 radical (unpaired) electrons. The van der Waals surface area contributed by atoms with Gasteiger partial charge in [-0.15, -0.1) is 0 Å². The number of piperidine rings is 1. The van der Waals surface area contributed by atoms with E-state index >= 15 is 0 Å². The third-order valence-electron chi connectivity index (χ3n) is 5.56. The van der Waals surface area contributed by atoms with Crippen molar-refractivity contribution in [2.45, 2.75) is 22.6 Å². The molecule has 1 aromatic heterocycles.